The van der Waals surface area contributed by atoms with E-state index in [9.17, 15) is 8.42 Å². The van der Waals surface area contributed by atoms with Gasteiger partial charge in [0, 0.05) is 13.1 Å². The summed E-state index contributed by atoms with van der Waals surface area (Å²) >= 11 is 0. The quantitative estimate of drug-likeness (QED) is 0.632. The van der Waals surface area contributed by atoms with Crippen LogP contribution in [0.25, 0.3) is 0 Å². The van der Waals surface area contributed by atoms with Gasteiger partial charge in [-0.25, -0.2) is 13.1 Å². The Morgan fingerprint density at radius 3 is 2.24 bits per heavy atom. The van der Waals surface area contributed by atoms with E-state index in [4.69, 9.17) is 5.73 Å². The molecule has 5 heteroatoms. The molecule has 0 saturated heterocycles. The van der Waals surface area contributed by atoms with Crippen LogP contribution in [-0.4, -0.2) is 26.8 Å². The van der Waals surface area contributed by atoms with Gasteiger partial charge in [-0.3, -0.25) is 0 Å². The molecule has 0 fully saturated rings. The predicted octanol–water partition coefficient (Wildman–Crippen LogP) is 1.86. The molecule has 0 aliphatic carbocycles. The van der Waals surface area contributed by atoms with Gasteiger partial charge in [0.15, 0.2) is 0 Å². The van der Waals surface area contributed by atoms with Crippen molar-refractivity contribution < 1.29 is 8.42 Å². The fourth-order valence-electron chi connectivity index (χ4n) is 1.81. The third-order valence-electron chi connectivity index (χ3n) is 3.27. The molecule has 0 radical (unpaired) electrons. The Hall–Kier alpha value is -0.130. The van der Waals surface area contributed by atoms with Crippen molar-refractivity contribution in [2.45, 2.75) is 58.1 Å². The molecule has 0 rings (SSSR count). The van der Waals surface area contributed by atoms with Crippen LogP contribution in [0.3, 0.4) is 0 Å². The van der Waals surface area contributed by atoms with Crippen molar-refractivity contribution in [3.63, 3.8) is 0 Å². The standard InChI is InChI=1S/C12H28N2O2S/c1-4-7-8-11(5-2)10-14-17(15,16)12(6-3)9-13/h11-12,14H,4-10,13H2,1-3H3. The first-order chi connectivity index (χ1) is 8.01. The highest BCUT2D eigenvalue weighted by Gasteiger charge is 2.22. The van der Waals surface area contributed by atoms with E-state index in [0.29, 0.717) is 18.9 Å². The van der Waals surface area contributed by atoms with Crippen LogP contribution in [0.2, 0.25) is 0 Å². The van der Waals surface area contributed by atoms with E-state index < -0.39 is 15.3 Å². The summed E-state index contributed by atoms with van der Waals surface area (Å²) in [5, 5.41) is -0.453. The van der Waals surface area contributed by atoms with Crippen molar-refractivity contribution in [2.75, 3.05) is 13.1 Å². The van der Waals surface area contributed by atoms with Crippen molar-refractivity contribution in [3.05, 3.63) is 0 Å². The molecule has 17 heavy (non-hydrogen) atoms. The maximum absolute atomic E-state index is 11.9. The van der Waals surface area contributed by atoms with Crippen LogP contribution in [0.5, 0.6) is 0 Å². The molecule has 2 unspecified atom stereocenters. The largest absolute Gasteiger partial charge is 0.329 e. The lowest BCUT2D eigenvalue weighted by atomic mass is 10.00. The van der Waals surface area contributed by atoms with Gasteiger partial charge in [0.1, 0.15) is 0 Å². The van der Waals surface area contributed by atoms with E-state index in [1.54, 1.807) is 0 Å². The highest BCUT2D eigenvalue weighted by atomic mass is 32.2. The molecule has 104 valence electrons. The molecule has 0 spiro atoms. The summed E-state index contributed by atoms with van der Waals surface area (Å²) < 4.78 is 26.5. The molecule has 4 nitrogen and oxygen atoms in total. The van der Waals surface area contributed by atoms with Crippen molar-refractivity contribution in [2.24, 2.45) is 11.7 Å². The lowest BCUT2D eigenvalue weighted by Crippen LogP contribution is -2.40. The second-order valence-electron chi connectivity index (χ2n) is 4.58. The molecule has 0 amide bonds. The van der Waals surface area contributed by atoms with Crippen LogP contribution >= 0.6 is 0 Å². The van der Waals surface area contributed by atoms with Crippen molar-refractivity contribution in [1.29, 1.82) is 0 Å². The number of hydrogen-bond acceptors (Lipinski definition) is 3. The minimum absolute atomic E-state index is 0.192. The van der Waals surface area contributed by atoms with E-state index in [-0.39, 0.29) is 6.54 Å². The van der Waals surface area contributed by atoms with Gasteiger partial charge in [0.05, 0.1) is 5.25 Å². The Labute approximate surface area is 106 Å². The zero-order valence-electron chi connectivity index (χ0n) is 11.4. The summed E-state index contributed by atoms with van der Waals surface area (Å²) in [6, 6.07) is 0. The topological polar surface area (TPSA) is 72.2 Å². The van der Waals surface area contributed by atoms with Crippen molar-refractivity contribution >= 4 is 10.0 Å². The van der Waals surface area contributed by atoms with Gasteiger partial charge in [0.2, 0.25) is 10.0 Å². The first-order valence-corrected chi connectivity index (χ1v) is 8.24. The maximum atomic E-state index is 11.9. The number of nitrogens with two attached hydrogens (primary N) is 1. The minimum Gasteiger partial charge on any atom is -0.329 e. The molecule has 0 aromatic heterocycles. The smallest absolute Gasteiger partial charge is 0.215 e. The molecule has 0 heterocycles. The first-order valence-electron chi connectivity index (χ1n) is 6.70. The monoisotopic (exact) mass is 264 g/mol. The third-order valence-corrected chi connectivity index (χ3v) is 5.25. The lowest BCUT2D eigenvalue weighted by molar-refractivity contribution is 0.442. The van der Waals surface area contributed by atoms with Gasteiger partial charge in [-0.05, 0) is 18.8 Å². The summed E-state index contributed by atoms with van der Waals surface area (Å²) in [6.45, 7) is 6.85. The molecule has 0 saturated carbocycles. The highest BCUT2D eigenvalue weighted by molar-refractivity contribution is 7.90. The normalized spacial score (nSPS) is 15.8. The van der Waals surface area contributed by atoms with Crippen LogP contribution in [0.1, 0.15) is 52.9 Å². The fraction of sp³-hybridized carbons (Fsp3) is 1.00. The molecule has 0 aliphatic heterocycles. The van der Waals surface area contributed by atoms with Crippen LogP contribution < -0.4 is 10.5 Å². The molecular weight excluding hydrogens is 236 g/mol. The average Bonchev–Trinajstić information content (AvgIpc) is 2.30. The zero-order valence-corrected chi connectivity index (χ0v) is 12.2. The van der Waals surface area contributed by atoms with Gasteiger partial charge in [-0.15, -0.1) is 0 Å². The van der Waals surface area contributed by atoms with Crippen molar-refractivity contribution in [3.8, 4) is 0 Å². The molecule has 3 N–H and O–H groups in total. The summed E-state index contributed by atoms with van der Waals surface area (Å²) in [7, 11) is -3.23. The maximum Gasteiger partial charge on any atom is 0.215 e. The zero-order chi connectivity index (χ0) is 13.3. The molecule has 2 atom stereocenters. The number of sulfonamides is 1. The van der Waals surface area contributed by atoms with Crippen LogP contribution in [-0.2, 0) is 10.0 Å². The lowest BCUT2D eigenvalue weighted by Gasteiger charge is -2.19. The average molecular weight is 264 g/mol. The van der Waals surface area contributed by atoms with Crippen LogP contribution in [0.15, 0.2) is 0 Å². The second-order valence-corrected chi connectivity index (χ2v) is 6.62. The van der Waals surface area contributed by atoms with Crippen molar-refractivity contribution in [1.82, 2.24) is 4.72 Å². The van der Waals surface area contributed by atoms with E-state index in [1.807, 2.05) is 6.92 Å². The van der Waals surface area contributed by atoms with Gasteiger partial charge in [-0.2, -0.15) is 0 Å². The van der Waals surface area contributed by atoms with Gasteiger partial charge >= 0.3 is 0 Å². The first kappa shape index (κ1) is 16.9. The highest BCUT2D eigenvalue weighted by Crippen LogP contribution is 2.12. The van der Waals surface area contributed by atoms with Gasteiger partial charge in [0.25, 0.3) is 0 Å². The second kappa shape index (κ2) is 8.89. The van der Waals surface area contributed by atoms with E-state index in [1.165, 1.54) is 0 Å². The molecule has 0 aliphatic rings. The van der Waals surface area contributed by atoms with Crippen LogP contribution in [0, 0.1) is 5.92 Å². The minimum atomic E-state index is -3.23. The third kappa shape index (κ3) is 6.38. The predicted molar refractivity (Wildman–Crippen MR) is 73.4 cm³/mol. The number of nitrogens with one attached hydrogen (secondary N) is 1. The van der Waals surface area contributed by atoms with E-state index >= 15 is 0 Å². The Bertz CT molecular complexity index is 274. The summed E-state index contributed by atoms with van der Waals surface area (Å²) in [5.41, 5.74) is 5.47. The summed E-state index contributed by atoms with van der Waals surface area (Å²) in [5.74, 6) is 0.444. The molecule has 0 bridgehead atoms. The summed E-state index contributed by atoms with van der Waals surface area (Å²) in [6.07, 6.45) is 4.99. The molecule has 0 aromatic rings. The van der Waals surface area contributed by atoms with Crippen LogP contribution in [0.4, 0.5) is 0 Å². The van der Waals surface area contributed by atoms with Gasteiger partial charge in [-0.1, -0.05) is 40.0 Å². The van der Waals surface area contributed by atoms with Gasteiger partial charge < -0.3 is 5.73 Å². The van der Waals surface area contributed by atoms with E-state index in [0.717, 1.165) is 25.7 Å². The number of unbranched alkanes of at least 4 members (excludes halogenated alkanes) is 1. The molecular formula is C12H28N2O2S. The number of hydrogen-bond donors (Lipinski definition) is 2. The van der Waals surface area contributed by atoms with E-state index in [2.05, 4.69) is 18.6 Å². The molecule has 0 aromatic carbocycles. The Balaban J connectivity index is 4.23. The number of rotatable bonds is 10. The Kier molecular flexibility index (Phi) is 8.82. The Morgan fingerprint density at radius 1 is 1.18 bits per heavy atom. The fourth-order valence-corrected chi connectivity index (χ4v) is 3.20. The Morgan fingerprint density at radius 2 is 1.82 bits per heavy atom. The summed E-state index contributed by atoms with van der Waals surface area (Å²) in [4.78, 5) is 0. The SMILES string of the molecule is CCCCC(CC)CNS(=O)(=O)C(CC)CN.